The summed E-state index contributed by atoms with van der Waals surface area (Å²) in [6.45, 7) is 2.17. The standard InChI is InChI=1S/C17H22N4O3/c22-15(9-8-14-16(23)20-17(24)19-14)18-12-4-6-13(7-5-12)21-10-2-1-3-11-21/h4-7,14H,1-3,8-11H2,(H,18,22)(H2,19,20,23,24)/t14-/m0/s1. The Morgan fingerprint density at radius 1 is 1.12 bits per heavy atom. The van der Waals surface area contributed by atoms with Crippen molar-refractivity contribution in [2.75, 3.05) is 23.3 Å². The zero-order valence-electron chi connectivity index (χ0n) is 13.5. The second-order valence-corrected chi connectivity index (χ2v) is 6.20. The highest BCUT2D eigenvalue weighted by molar-refractivity contribution is 6.04. The van der Waals surface area contributed by atoms with E-state index in [0.717, 1.165) is 18.8 Å². The molecule has 0 bridgehead atoms. The van der Waals surface area contributed by atoms with Gasteiger partial charge in [0, 0.05) is 30.9 Å². The van der Waals surface area contributed by atoms with Gasteiger partial charge in [0.15, 0.2) is 0 Å². The molecule has 128 valence electrons. The van der Waals surface area contributed by atoms with Gasteiger partial charge in [0.05, 0.1) is 0 Å². The van der Waals surface area contributed by atoms with Crippen molar-refractivity contribution in [3.8, 4) is 0 Å². The third kappa shape index (κ3) is 4.04. The Balaban J connectivity index is 1.47. The van der Waals surface area contributed by atoms with Crippen molar-refractivity contribution in [1.29, 1.82) is 0 Å². The molecule has 7 nitrogen and oxygen atoms in total. The van der Waals surface area contributed by atoms with E-state index < -0.39 is 12.1 Å². The Morgan fingerprint density at radius 2 is 1.83 bits per heavy atom. The summed E-state index contributed by atoms with van der Waals surface area (Å²) in [7, 11) is 0. The van der Waals surface area contributed by atoms with Gasteiger partial charge in [0.25, 0.3) is 5.91 Å². The Morgan fingerprint density at radius 3 is 2.46 bits per heavy atom. The topological polar surface area (TPSA) is 90.5 Å². The van der Waals surface area contributed by atoms with E-state index in [-0.39, 0.29) is 24.7 Å². The van der Waals surface area contributed by atoms with E-state index >= 15 is 0 Å². The Hall–Kier alpha value is -2.57. The van der Waals surface area contributed by atoms with E-state index in [1.807, 2.05) is 24.3 Å². The zero-order valence-corrected chi connectivity index (χ0v) is 13.5. The van der Waals surface area contributed by atoms with Gasteiger partial charge in [-0.3, -0.25) is 14.9 Å². The molecule has 3 rings (SSSR count). The summed E-state index contributed by atoms with van der Waals surface area (Å²) in [4.78, 5) is 36.8. The molecule has 4 amide bonds. The molecule has 2 heterocycles. The van der Waals surface area contributed by atoms with Crippen LogP contribution in [0.15, 0.2) is 24.3 Å². The molecule has 0 unspecified atom stereocenters. The maximum absolute atomic E-state index is 12.0. The normalized spacial score (nSPS) is 20.5. The fourth-order valence-corrected chi connectivity index (χ4v) is 3.07. The van der Waals surface area contributed by atoms with Gasteiger partial charge in [-0.25, -0.2) is 4.79 Å². The number of carbonyl (C=O) groups excluding carboxylic acids is 3. The molecule has 0 aromatic heterocycles. The lowest BCUT2D eigenvalue weighted by molar-refractivity contribution is -0.120. The first-order valence-corrected chi connectivity index (χ1v) is 8.38. The minimum Gasteiger partial charge on any atom is -0.372 e. The van der Waals surface area contributed by atoms with Crippen LogP contribution in [0.4, 0.5) is 16.2 Å². The van der Waals surface area contributed by atoms with Crippen LogP contribution in [0.3, 0.4) is 0 Å². The summed E-state index contributed by atoms with van der Waals surface area (Å²) in [6, 6.07) is 6.71. The average molecular weight is 330 g/mol. The molecule has 1 aromatic carbocycles. The second kappa shape index (κ2) is 7.33. The number of nitrogens with one attached hydrogen (secondary N) is 3. The van der Waals surface area contributed by atoms with Crippen LogP contribution in [0.1, 0.15) is 32.1 Å². The van der Waals surface area contributed by atoms with Gasteiger partial charge in [-0.05, 0) is 49.9 Å². The van der Waals surface area contributed by atoms with Crippen molar-refractivity contribution in [2.24, 2.45) is 0 Å². The summed E-state index contributed by atoms with van der Waals surface area (Å²) in [6.07, 6.45) is 4.21. The molecule has 2 aliphatic rings. The molecular weight excluding hydrogens is 308 g/mol. The molecule has 1 aromatic rings. The second-order valence-electron chi connectivity index (χ2n) is 6.20. The molecule has 3 N–H and O–H groups in total. The molecule has 0 saturated carbocycles. The number of hydrogen-bond donors (Lipinski definition) is 3. The fraction of sp³-hybridized carbons (Fsp3) is 0.471. The highest BCUT2D eigenvalue weighted by atomic mass is 16.2. The zero-order chi connectivity index (χ0) is 16.9. The first-order valence-electron chi connectivity index (χ1n) is 8.38. The van der Waals surface area contributed by atoms with Crippen molar-refractivity contribution in [3.63, 3.8) is 0 Å². The fourth-order valence-electron chi connectivity index (χ4n) is 3.07. The molecule has 2 fully saturated rings. The lowest BCUT2D eigenvalue weighted by Crippen LogP contribution is -2.30. The third-order valence-corrected chi connectivity index (χ3v) is 4.39. The number of nitrogens with zero attached hydrogens (tertiary/aromatic N) is 1. The van der Waals surface area contributed by atoms with E-state index in [1.165, 1.54) is 24.9 Å². The van der Waals surface area contributed by atoms with E-state index in [0.29, 0.717) is 0 Å². The van der Waals surface area contributed by atoms with Crippen LogP contribution in [-0.4, -0.2) is 37.0 Å². The van der Waals surface area contributed by atoms with Gasteiger partial charge in [-0.2, -0.15) is 0 Å². The van der Waals surface area contributed by atoms with Crippen molar-refractivity contribution >= 4 is 29.2 Å². The highest BCUT2D eigenvalue weighted by Crippen LogP contribution is 2.22. The van der Waals surface area contributed by atoms with Crippen LogP contribution >= 0.6 is 0 Å². The number of rotatable bonds is 5. The van der Waals surface area contributed by atoms with Crippen LogP contribution in [0.2, 0.25) is 0 Å². The van der Waals surface area contributed by atoms with Crippen LogP contribution < -0.4 is 20.9 Å². The molecule has 7 heteroatoms. The van der Waals surface area contributed by atoms with Gasteiger partial charge in [-0.1, -0.05) is 0 Å². The SMILES string of the molecule is O=C(CC[C@@H]1NC(=O)NC1=O)Nc1ccc(N2CCCCC2)cc1. The average Bonchev–Trinajstić information content (AvgIpc) is 2.92. The predicted octanol–water partition coefficient (Wildman–Crippen LogP) is 1.60. The lowest BCUT2D eigenvalue weighted by atomic mass is 10.1. The minimum atomic E-state index is -0.621. The molecule has 1 atom stereocenters. The van der Waals surface area contributed by atoms with Crippen molar-refractivity contribution in [2.45, 2.75) is 38.1 Å². The van der Waals surface area contributed by atoms with Crippen molar-refractivity contribution in [3.05, 3.63) is 24.3 Å². The van der Waals surface area contributed by atoms with Gasteiger partial charge in [0.2, 0.25) is 5.91 Å². The molecule has 0 radical (unpaired) electrons. The van der Waals surface area contributed by atoms with E-state index in [1.54, 1.807) is 0 Å². The minimum absolute atomic E-state index is 0.172. The first kappa shape index (κ1) is 16.3. The van der Waals surface area contributed by atoms with Gasteiger partial charge >= 0.3 is 6.03 Å². The summed E-state index contributed by atoms with van der Waals surface area (Å²) in [5, 5.41) is 7.45. The molecular formula is C17H22N4O3. The molecule has 24 heavy (non-hydrogen) atoms. The van der Waals surface area contributed by atoms with Crippen LogP contribution in [0.25, 0.3) is 0 Å². The van der Waals surface area contributed by atoms with Crippen LogP contribution in [0, 0.1) is 0 Å². The van der Waals surface area contributed by atoms with Crippen molar-refractivity contribution in [1.82, 2.24) is 10.6 Å². The van der Waals surface area contributed by atoms with Gasteiger partial charge in [0.1, 0.15) is 6.04 Å². The van der Waals surface area contributed by atoms with Gasteiger partial charge in [-0.15, -0.1) is 0 Å². The summed E-state index contributed by atoms with van der Waals surface area (Å²) < 4.78 is 0. The number of piperidine rings is 1. The van der Waals surface area contributed by atoms with E-state index in [2.05, 4.69) is 20.9 Å². The number of amides is 4. The molecule has 0 spiro atoms. The maximum atomic E-state index is 12.0. The Kier molecular flexibility index (Phi) is 4.98. The monoisotopic (exact) mass is 330 g/mol. The van der Waals surface area contributed by atoms with Crippen molar-refractivity contribution < 1.29 is 14.4 Å². The third-order valence-electron chi connectivity index (χ3n) is 4.39. The predicted molar refractivity (Wildman–Crippen MR) is 90.8 cm³/mol. The smallest absolute Gasteiger partial charge is 0.322 e. The van der Waals surface area contributed by atoms with Crippen LogP contribution in [0.5, 0.6) is 0 Å². The maximum Gasteiger partial charge on any atom is 0.322 e. The Bertz CT molecular complexity index is 623. The molecule has 2 saturated heterocycles. The number of imide groups is 1. The lowest BCUT2D eigenvalue weighted by Gasteiger charge is -2.28. The van der Waals surface area contributed by atoms with E-state index in [4.69, 9.17) is 0 Å². The highest BCUT2D eigenvalue weighted by Gasteiger charge is 2.29. The summed E-state index contributed by atoms with van der Waals surface area (Å²) in [5.41, 5.74) is 1.92. The number of urea groups is 1. The number of anilines is 2. The summed E-state index contributed by atoms with van der Waals surface area (Å²) >= 11 is 0. The number of carbonyl (C=O) groups is 3. The quantitative estimate of drug-likeness (QED) is 0.715. The Labute approximate surface area is 140 Å². The van der Waals surface area contributed by atoms with Crippen LogP contribution in [-0.2, 0) is 9.59 Å². The summed E-state index contributed by atoms with van der Waals surface area (Å²) in [5.74, 6) is -0.548. The van der Waals surface area contributed by atoms with Gasteiger partial charge < -0.3 is 15.5 Å². The largest absolute Gasteiger partial charge is 0.372 e. The molecule has 0 aliphatic carbocycles. The molecule has 2 aliphatic heterocycles. The number of benzene rings is 1. The first-order chi connectivity index (χ1) is 11.6. The van der Waals surface area contributed by atoms with E-state index in [9.17, 15) is 14.4 Å². The number of hydrogen-bond acceptors (Lipinski definition) is 4.